The van der Waals surface area contributed by atoms with Crippen molar-refractivity contribution in [2.24, 2.45) is 0 Å². The third-order valence-electron chi connectivity index (χ3n) is 2.74. The first-order valence-corrected chi connectivity index (χ1v) is 8.60. The summed E-state index contributed by atoms with van der Waals surface area (Å²) in [6.07, 6.45) is 0.805. The second-order valence-electron chi connectivity index (χ2n) is 4.12. The molecule has 0 amide bonds. The van der Waals surface area contributed by atoms with Gasteiger partial charge in [0.15, 0.2) is 0 Å². The van der Waals surface area contributed by atoms with Crippen LogP contribution in [0.4, 0.5) is 0 Å². The number of hydrogen-bond donors (Lipinski definition) is 0. The molecule has 0 aromatic heterocycles. The van der Waals surface area contributed by atoms with Crippen LogP contribution in [0.1, 0.15) is 12.5 Å². The standard InChI is InChI=1S/C14H12Cl2O3S/c1-2-10-9-12(5-8-14(10)15)19-11-3-6-13(7-4-11)20(16,17)18/h3-9H,2H2,1H3. The quantitative estimate of drug-likeness (QED) is 0.768. The Labute approximate surface area is 127 Å². The lowest BCUT2D eigenvalue weighted by atomic mass is 10.1. The largest absolute Gasteiger partial charge is 0.457 e. The highest BCUT2D eigenvalue weighted by molar-refractivity contribution is 8.13. The summed E-state index contributed by atoms with van der Waals surface area (Å²) in [6.45, 7) is 2.01. The van der Waals surface area contributed by atoms with Gasteiger partial charge in [-0.05, 0) is 54.4 Å². The van der Waals surface area contributed by atoms with E-state index in [2.05, 4.69) is 0 Å². The summed E-state index contributed by atoms with van der Waals surface area (Å²) in [7, 11) is 1.54. The topological polar surface area (TPSA) is 43.4 Å². The molecule has 0 bridgehead atoms. The molecule has 0 aliphatic carbocycles. The molecule has 0 aliphatic rings. The van der Waals surface area contributed by atoms with Crippen molar-refractivity contribution in [2.75, 3.05) is 0 Å². The van der Waals surface area contributed by atoms with Gasteiger partial charge in [-0.1, -0.05) is 18.5 Å². The van der Waals surface area contributed by atoms with Crippen LogP contribution in [0.25, 0.3) is 0 Å². The first-order chi connectivity index (χ1) is 9.40. The minimum atomic E-state index is -3.71. The maximum Gasteiger partial charge on any atom is 0.261 e. The Balaban J connectivity index is 2.22. The minimum Gasteiger partial charge on any atom is -0.457 e. The zero-order valence-corrected chi connectivity index (χ0v) is 13.0. The molecule has 0 N–H and O–H groups in total. The molecule has 0 radical (unpaired) electrons. The van der Waals surface area contributed by atoms with E-state index in [1.54, 1.807) is 24.3 Å². The minimum absolute atomic E-state index is 0.0388. The van der Waals surface area contributed by atoms with Crippen molar-refractivity contribution in [1.82, 2.24) is 0 Å². The van der Waals surface area contributed by atoms with Gasteiger partial charge in [0.05, 0.1) is 4.90 Å². The molecule has 0 saturated heterocycles. The van der Waals surface area contributed by atoms with E-state index in [1.165, 1.54) is 12.1 Å². The van der Waals surface area contributed by atoms with Crippen molar-refractivity contribution < 1.29 is 13.2 Å². The Kier molecular flexibility index (Phi) is 4.58. The molecule has 2 rings (SSSR count). The summed E-state index contributed by atoms with van der Waals surface area (Å²) >= 11 is 6.03. The van der Waals surface area contributed by atoms with E-state index in [9.17, 15) is 8.42 Å². The van der Waals surface area contributed by atoms with Crippen molar-refractivity contribution >= 4 is 31.3 Å². The third kappa shape index (κ3) is 3.66. The summed E-state index contributed by atoms with van der Waals surface area (Å²) in [4.78, 5) is 0.0388. The van der Waals surface area contributed by atoms with E-state index in [0.29, 0.717) is 16.5 Å². The molecule has 3 nitrogen and oxygen atoms in total. The summed E-state index contributed by atoms with van der Waals surface area (Å²) in [6, 6.07) is 11.3. The van der Waals surface area contributed by atoms with Crippen LogP contribution in [0.3, 0.4) is 0 Å². The Morgan fingerprint density at radius 2 is 1.65 bits per heavy atom. The van der Waals surface area contributed by atoms with Crippen LogP contribution < -0.4 is 4.74 Å². The Morgan fingerprint density at radius 1 is 1.05 bits per heavy atom. The maximum atomic E-state index is 11.1. The third-order valence-corrected chi connectivity index (χ3v) is 4.48. The Morgan fingerprint density at radius 3 is 2.20 bits per heavy atom. The van der Waals surface area contributed by atoms with E-state index in [-0.39, 0.29) is 4.90 Å². The van der Waals surface area contributed by atoms with Crippen LogP contribution in [0.5, 0.6) is 11.5 Å². The molecule has 0 atom stereocenters. The fraction of sp³-hybridized carbons (Fsp3) is 0.143. The van der Waals surface area contributed by atoms with Gasteiger partial charge in [-0.15, -0.1) is 0 Å². The fourth-order valence-corrected chi connectivity index (χ4v) is 2.71. The van der Waals surface area contributed by atoms with E-state index in [0.717, 1.165) is 12.0 Å². The van der Waals surface area contributed by atoms with Crippen LogP contribution >= 0.6 is 22.3 Å². The molecule has 0 fully saturated rings. The number of rotatable bonds is 4. The number of aryl methyl sites for hydroxylation is 1. The summed E-state index contributed by atoms with van der Waals surface area (Å²) in [5.41, 5.74) is 0.990. The van der Waals surface area contributed by atoms with Gasteiger partial charge in [0.1, 0.15) is 11.5 Å². The molecule has 0 unspecified atom stereocenters. The van der Waals surface area contributed by atoms with Crippen LogP contribution in [0.2, 0.25) is 5.02 Å². The smallest absolute Gasteiger partial charge is 0.261 e. The predicted molar refractivity (Wildman–Crippen MR) is 80.4 cm³/mol. The number of ether oxygens (including phenoxy) is 1. The summed E-state index contributed by atoms with van der Waals surface area (Å²) < 4.78 is 27.9. The van der Waals surface area contributed by atoms with E-state index < -0.39 is 9.05 Å². The van der Waals surface area contributed by atoms with E-state index in [1.807, 2.05) is 13.0 Å². The van der Waals surface area contributed by atoms with Crippen molar-refractivity contribution in [3.8, 4) is 11.5 Å². The van der Waals surface area contributed by atoms with Crippen LogP contribution in [0, 0.1) is 0 Å². The van der Waals surface area contributed by atoms with Crippen LogP contribution in [0.15, 0.2) is 47.4 Å². The fourth-order valence-electron chi connectivity index (χ4n) is 1.69. The van der Waals surface area contributed by atoms with Gasteiger partial charge in [-0.25, -0.2) is 8.42 Å². The van der Waals surface area contributed by atoms with Gasteiger partial charge in [0.25, 0.3) is 9.05 Å². The molecule has 20 heavy (non-hydrogen) atoms. The Hall–Kier alpha value is -1.23. The van der Waals surface area contributed by atoms with Gasteiger partial charge < -0.3 is 4.74 Å². The van der Waals surface area contributed by atoms with Gasteiger partial charge in [0, 0.05) is 15.7 Å². The van der Waals surface area contributed by atoms with Gasteiger partial charge in [-0.3, -0.25) is 0 Å². The second kappa shape index (κ2) is 6.04. The lowest BCUT2D eigenvalue weighted by Gasteiger charge is -2.08. The van der Waals surface area contributed by atoms with Crippen LogP contribution in [-0.4, -0.2) is 8.42 Å². The highest BCUT2D eigenvalue weighted by Crippen LogP contribution is 2.27. The zero-order chi connectivity index (χ0) is 14.8. The Bertz CT molecular complexity index is 710. The van der Waals surface area contributed by atoms with Crippen molar-refractivity contribution in [3.05, 3.63) is 53.1 Å². The highest BCUT2D eigenvalue weighted by Gasteiger charge is 2.09. The van der Waals surface area contributed by atoms with Crippen LogP contribution in [-0.2, 0) is 15.5 Å². The first-order valence-electron chi connectivity index (χ1n) is 5.91. The summed E-state index contributed by atoms with van der Waals surface area (Å²) in [5, 5.41) is 0.698. The number of benzene rings is 2. The average Bonchev–Trinajstić information content (AvgIpc) is 2.40. The van der Waals surface area contributed by atoms with Gasteiger partial charge >= 0.3 is 0 Å². The predicted octanol–water partition coefficient (Wildman–Crippen LogP) is 4.62. The number of hydrogen-bond acceptors (Lipinski definition) is 3. The number of halogens is 2. The molecule has 6 heteroatoms. The van der Waals surface area contributed by atoms with E-state index in [4.69, 9.17) is 27.0 Å². The van der Waals surface area contributed by atoms with Crippen molar-refractivity contribution in [3.63, 3.8) is 0 Å². The first kappa shape index (κ1) is 15.2. The van der Waals surface area contributed by atoms with Crippen molar-refractivity contribution in [2.45, 2.75) is 18.2 Å². The molecule has 0 spiro atoms. The molecule has 106 valence electrons. The lowest BCUT2D eigenvalue weighted by molar-refractivity contribution is 0.481. The van der Waals surface area contributed by atoms with Crippen molar-refractivity contribution in [1.29, 1.82) is 0 Å². The molecule has 0 aliphatic heterocycles. The monoisotopic (exact) mass is 330 g/mol. The lowest BCUT2D eigenvalue weighted by Crippen LogP contribution is -1.91. The van der Waals surface area contributed by atoms with Gasteiger partial charge in [-0.2, -0.15) is 0 Å². The maximum absolute atomic E-state index is 11.1. The molecule has 2 aromatic rings. The molecular formula is C14H12Cl2O3S. The zero-order valence-electron chi connectivity index (χ0n) is 10.6. The van der Waals surface area contributed by atoms with Gasteiger partial charge in [0.2, 0.25) is 0 Å². The molecule has 0 saturated carbocycles. The average molecular weight is 331 g/mol. The molecular weight excluding hydrogens is 319 g/mol. The highest BCUT2D eigenvalue weighted by atomic mass is 35.7. The van der Waals surface area contributed by atoms with E-state index >= 15 is 0 Å². The molecule has 2 aromatic carbocycles. The molecule has 0 heterocycles. The SMILES string of the molecule is CCc1cc(Oc2ccc(S(=O)(=O)Cl)cc2)ccc1Cl. The normalized spacial score (nSPS) is 11.3. The second-order valence-corrected chi connectivity index (χ2v) is 7.09. The summed E-state index contributed by atoms with van der Waals surface area (Å²) in [5.74, 6) is 1.17.